The normalized spacial score (nSPS) is 15.8. The third kappa shape index (κ3) is 4.34. The van der Waals surface area contributed by atoms with Crippen molar-refractivity contribution in [3.8, 4) is 12.3 Å². The van der Waals surface area contributed by atoms with Crippen molar-refractivity contribution in [3.05, 3.63) is 29.8 Å². The summed E-state index contributed by atoms with van der Waals surface area (Å²) in [6.07, 6.45) is 10.6. The number of nitrogens with zero attached hydrogens (tertiary/aromatic N) is 1. The van der Waals surface area contributed by atoms with Crippen LogP contribution in [0.3, 0.4) is 0 Å². The summed E-state index contributed by atoms with van der Waals surface area (Å²) in [5, 5.41) is 0. The molecule has 0 aromatic heterocycles. The van der Waals surface area contributed by atoms with Gasteiger partial charge in [0.05, 0.1) is 11.4 Å². The van der Waals surface area contributed by atoms with Crippen LogP contribution in [0.25, 0.3) is 0 Å². The largest absolute Gasteiger partial charge is 0.339 e. The van der Waals surface area contributed by atoms with E-state index in [4.69, 9.17) is 6.42 Å². The van der Waals surface area contributed by atoms with Gasteiger partial charge in [-0.25, -0.2) is 8.42 Å². The first-order valence-corrected chi connectivity index (χ1v) is 9.24. The van der Waals surface area contributed by atoms with E-state index >= 15 is 0 Å². The summed E-state index contributed by atoms with van der Waals surface area (Å²) in [5.41, 5.74) is 0.377. The summed E-state index contributed by atoms with van der Waals surface area (Å²) in [7, 11) is -1.90. The molecule has 0 atom stereocenters. The molecule has 1 aliphatic rings. The smallest absolute Gasteiger partial charge is 0.253 e. The van der Waals surface area contributed by atoms with Crippen molar-refractivity contribution in [2.45, 2.75) is 43.0 Å². The number of hydrogen-bond donors (Lipinski definition) is 1. The molecule has 23 heavy (non-hydrogen) atoms. The fourth-order valence-electron chi connectivity index (χ4n) is 2.85. The zero-order chi connectivity index (χ0) is 16.9. The van der Waals surface area contributed by atoms with Crippen molar-refractivity contribution in [2.24, 2.45) is 0 Å². The fourth-order valence-corrected chi connectivity index (χ4v) is 3.83. The van der Waals surface area contributed by atoms with Gasteiger partial charge in [-0.05, 0) is 31.0 Å². The first-order valence-electron chi connectivity index (χ1n) is 7.76. The Balaban J connectivity index is 2.18. The predicted octanol–water partition coefficient (Wildman–Crippen LogP) is 2.00. The molecule has 1 aliphatic carbocycles. The van der Waals surface area contributed by atoms with Crippen molar-refractivity contribution in [1.82, 2.24) is 9.62 Å². The Hall–Kier alpha value is -1.84. The average molecular weight is 334 g/mol. The quantitative estimate of drug-likeness (QED) is 0.838. The van der Waals surface area contributed by atoms with E-state index < -0.39 is 10.0 Å². The van der Waals surface area contributed by atoms with Gasteiger partial charge in [0.15, 0.2) is 0 Å². The molecular formula is C17H22N2O3S. The van der Waals surface area contributed by atoms with E-state index in [1.54, 1.807) is 24.1 Å². The van der Waals surface area contributed by atoms with Crippen molar-refractivity contribution >= 4 is 15.9 Å². The topological polar surface area (TPSA) is 66.5 Å². The molecule has 0 saturated heterocycles. The third-order valence-electron chi connectivity index (χ3n) is 4.20. The van der Waals surface area contributed by atoms with Crippen LogP contribution in [0, 0.1) is 12.3 Å². The maximum absolute atomic E-state index is 12.6. The highest BCUT2D eigenvalue weighted by Gasteiger charge is 2.24. The van der Waals surface area contributed by atoms with Crippen molar-refractivity contribution in [2.75, 3.05) is 13.6 Å². The minimum Gasteiger partial charge on any atom is -0.339 e. The van der Waals surface area contributed by atoms with Gasteiger partial charge in [0.2, 0.25) is 10.0 Å². The molecule has 0 heterocycles. The van der Waals surface area contributed by atoms with Gasteiger partial charge in [-0.1, -0.05) is 31.2 Å². The molecule has 1 aromatic rings. The SMILES string of the molecule is C#CCNS(=O)(=O)c1cccc(C(=O)N(C)C2CCCCC2)c1. The average Bonchev–Trinajstić information content (AvgIpc) is 2.59. The van der Waals surface area contributed by atoms with Gasteiger partial charge >= 0.3 is 0 Å². The second-order valence-electron chi connectivity index (χ2n) is 5.76. The Morgan fingerprint density at radius 1 is 1.35 bits per heavy atom. The minimum atomic E-state index is -3.69. The number of carbonyl (C=O) groups is 1. The van der Waals surface area contributed by atoms with E-state index in [1.165, 1.54) is 18.6 Å². The molecule has 0 spiro atoms. The number of terminal acetylenes is 1. The summed E-state index contributed by atoms with van der Waals surface area (Å²) in [6.45, 7) is -0.0809. The Kier molecular flexibility index (Phi) is 5.80. The highest BCUT2D eigenvalue weighted by Crippen LogP contribution is 2.23. The highest BCUT2D eigenvalue weighted by molar-refractivity contribution is 7.89. The van der Waals surface area contributed by atoms with Crippen LogP contribution in [-0.4, -0.2) is 38.9 Å². The Bertz CT molecular complexity index is 701. The molecule has 2 rings (SSSR count). The molecule has 1 N–H and O–H groups in total. The van der Waals surface area contributed by atoms with Crippen molar-refractivity contribution in [3.63, 3.8) is 0 Å². The van der Waals surface area contributed by atoms with Crippen LogP contribution in [-0.2, 0) is 10.0 Å². The number of hydrogen-bond acceptors (Lipinski definition) is 3. The van der Waals surface area contributed by atoms with E-state index in [9.17, 15) is 13.2 Å². The summed E-state index contributed by atoms with van der Waals surface area (Å²) < 4.78 is 26.5. The third-order valence-corrected chi connectivity index (χ3v) is 5.60. The molecule has 1 aromatic carbocycles. The van der Waals surface area contributed by atoms with Gasteiger partial charge in [0.1, 0.15) is 0 Å². The number of sulfonamides is 1. The first-order chi connectivity index (χ1) is 11.0. The lowest BCUT2D eigenvalue weighted by Gasteiger charge is -2.31. The van der Waals surface area contributed by atoms with E-state index in [-0.39, 0.29) is 23.4 Å². The Labute approximate surface area is 138 Å². The molecule has 0 bridgehead atoms. The maximum atomic E-state index is 12.6. The zero-order valence-electron chi connectivity index (χ0n) is 13.3. The molecule has 0 aliphatic heterocycles. The monoisotopic (exact) mass is 334 g/mol. The zero-order valence-corrected chi connectivity index (χ0v) is 14.1. The fraction of sp³-hybridized carbons (Fsp3) is 0.471. The first kappa shape index (κ1) is 17.5. The van der Waals surface area contributed by atoms with E-state index in [2.05, 4.69) is 10.6 Å². The molecule has 1 amide bonds. The maximum Gasteiger partial charge on any atom is 0.253 e. The number of rotatable bonds is 5. The molecule has 0 radical (unpaired) electrons. The lowest BCUT2D eigenvalue weighted by Crippen LogP contribution is -2.38. The van der Waals surface area contributed by atoms with Crippen molar-refractivity contribution in [1.29, 1.82) is 0 Å². The van der Waals surface area contributed by atoms with Crippen LogP contribution >= 0.6 is 0 Å². The lowest BCUT2D eigenvalue weighted by molar-refractivity contribution is 0.0696. The summed E-state index contributed by atoms with van der Waals surface area (Å²) in [5.74, 6) is 2.08. The Morgan fingerprint density at radius 3 is 2.70 bits per heavy atom. The van der Waals surface area contributed by atoms with Gasteiger partial charge in [-0.2, -0.15) is 4.72 Å². The van der Waals surface area contributed by atoms with Gasteiger partial charge in [0, 0.05) is 18.7 Å². The summed E-state index contributed by atoms with van der Waals surface area (Å²) >= 11 is 0. The lowest BCUT2D eigenvalue weighted by atomic mass is 9.94. The molecule has 1 fully saturated rings. The molecule has 124 valence electrons. The molecule has 1 saturated carbocycles. The van der Waals surface area contributed by atoms with E-state index in [1.807, 2.05) is 0 Å². The van der Waals surface area contributed by atoms with Gasteiger partial charge in [0.25, 0.3) is 5.91 Å². The predicted molar refractivity (Wildman–Crippen MR) is 89.4 cm³/mol. The number of benzene rings is 1. The van der Waals surface area contributed by atoms with Crippen LogP contribution < -0.4 is 4.72 Å². The van der Waals surface area contributed by atoms with Gasteiger partial charge in [-0.15, -0.1) is 6.42 Å². The van der Waals surface area contributed by atoms with Crippen LogP contribution in [0.2, 0.25) is 0 Å². The number of amides is 1. The van der Waals surface area contributed by atoms with Crippen LogP contribution in [0.1, 0.15) is 42.5 Å². The van der Waals surface area contributed by atoms with Gasteiger partial charge in [-0.3, -0.25) is 4.79 Å². The summed E-state index contributed by atoms with van der Waals surface area (Å²) in [6, 6.07) is 6.31. The number of nitrogens with one attached hydrogen (secondary N) is 1. The van der Waals surface area contributed by atoms with E-state index in [0.29, 0.717) is 5.56 Å². The van der Waals surface area contributed by atoms with E-state index in [0.717, 1.165) is 25.7 Å². The van der Waals surface area contributed by atoms with Crippen LogP contribution in [0.15, 0.2) is 29.2 Å². The van der Waals surface area contributed by atoms with Crippen LogP contribution in [0.4, 0.5) is 0 Å². The van der Waals surface area contributed by atoms with Crippen molar-refractivity contribution < 1.29 is 13.2 Å². The second kappa shape index (κ2) is 7.62. The standard InChI is InChI=1S/C17H22N2O3S/c1-3-12-18-23(21,22)16-11-7-8-14(13-16)17(20)19(2)15-9-5-4-6-10-15/h1,7-8,11,13,15,18H,4-6,9-10,12H2,2H3. The summed E-state index contributed by atoms with van der Waals surface area (Å²) in [4.78, 5) is 14.4. The van der Waals surface area contributed by atoms with Crippen LogP contribution in [0.5, 0.6) is 0 Å². The second-order valence-corrected chi connectivity index (χ2v) is 7.53. The Morgan fingerprint density at radius 2 is 2.04 bits per heavy atom. The van der Waals surface area contributed by atoms with Gasteiger partial charge < -0.3 is 4.90 Å². The molecule has 0 unspecified atom stereocenters. The molecule has 5 nitrogen and oxygen atoms in total. The number of carbonyl (C=O) groups excluding carboxylic acids is 1. The minimum absolute atomic E-state index is 0.0515. The molecule has 6 heteroatoms. The highest BCUT2D eigenvalue weighted by atomic mass is 32.2. The molecular weight excluding hydrogens is 312 g/mol.